The summed E-state index contributed by atoms with van der Waals surface area (Å²) in [5.74, 6) is 1.52. The van der Waals surface area contributed by atoms with Gasteiger partial charge in [-0.3, -0.25) is 4.90 Å². The summed E-state index contributed by atoms with van der Waals surface area (Å²) < 4.78 is 5.77. The fraction of sp³-hybridized carbons (Fsp3) is 0.625. The van der Waals surface area contributed by atoms with Crippen molar-refractivity contribution >= 4 is 23.2 Å². The van der Waals surface area contributed by atoms with Gasteiger partial charge >= 0.3 is 0 Å². The van der Waals surface area contributed by atoms with Crippen LogP contribution in [0.3, 0.4) is 0 Å². The van der Waals surface area contributed by atoms with Gasteiger partial charge in [0.15, 0.2) is 0 Å². The van der Waals surface area contributed by atoms with E-state index in [9.17, 15) is 0 Å². The van der Waals surface area contributed by atoms with Crippen molar-refractivity contribution in [1.82, 2.24) is 10.2 Å². The molecule has 5 heteroatoms. The molecule has 21 heavy (non-hydrogen) atoms. The van der Waals surface area contributed by atoms with E-state index >= 15 is 0 Å². The van der Waals surface area contributed by atoms with Crippen LogP contribution in [0.1, 0.15) is 19.8 Å². The number of benzene rings is 1. The molecule has 1 aromatic carbocycles. The van der Waals surface area contributed by atoms with Crippen molar-refractivity contribution in [1.29, 1.82) is 0 Å². The molecular weight excluding hydrogens is 307 g/mol. The minimum Gasteiger partial charge on any atom is -0.491 e. The molecule has 0 bridgehead atoms. The number of ether oxygens (including phenoxy) is 1. The molecule has 1 heterocycles. The normalized spacial score (nSPS) is 16.4. The molecule has 0 radical (unpaired) electrons. The summed E-state index contributed by atoms with van der Waals surface area (Å²) in [5, 5.41) is 4.62. The highest BCUT2D eigenvalue weighted by molar-refractivity contribution is 6.35. The van der Waals surface area contributed by atoms with E-state index in [-0.39, 0.29) is 0 Å². The average Bonchev–Trinajstić information content (AvgIpc) is 2.49. The second-order valence-corrected chi connectivity index (χ2v) is 6.35. The molecular formula is C16H24Cl2N2O. The van der Waals surface area contributed by atoms with Crippen LogP contribution < -0.4 is 10.1 Å². The largest absolute Gasteiger partial charge is 0.491 e. The van der Waals surface area contributed by atoms with E-state index in [2.05, 4.69) is 17.1 Å². The predicted molar refractivity (Wildman–Crippen MR) is 89.7 cm³/mol. The fourth-order valence-corrected chi connectivity index (χ4v) is 3.15. The van der Waals surface area contributed by atoms with E-state index in [0.717, 1.165) is 38.6 Å². The fourth-order valence-electron chi connectivity index (χ4n) is 2.68. The van der Waals surface area contributed by atoms with Gasteiger partial charge in [0.2, 0.25) is 0 Å². The highest BCUT2D eigenvalue weighted by Crippen LogP contribution is 2.27. The lowest BCUT2D eigenvalue weighted by molar-refractivity contribution is 0.178. The van der Waals surface area contributed by atoms with E-state index in [1.807, 2.05) is 6.07 Å². The van der Waals surface area contributed by atoms with Gasteiger partial charge in [0, 0.05) is 18.1 Å². The first-order valence-corrected chi connectivity index (χ1v) is 8.45. The van der Waals surface area contributed by atoms with E-state index in [1.54, 1.807) is 12.1 Å². The minimum atomic E-state index is 0.573. The summed E-state index contributed by atoms with van der Waals surface area (Å²) in [7, 11) is 0. The monoisotopic (exact) mass is 330 g/mol. The maximum absolute atomic E-state index is 6.10. The van der Waals surface area contributed by atoms with Gasteiger partial charge in [-0.25, -0.2) is 0 Å². The Morgan fingerprint density at radius 2 is 2.05 bits per heavy atom. The third-order valence-electron chi connectivity index (χ3n) is 3.98. The summed E-state index contributed by atoms with van der Waals surface area (Å²) in [6.07, 6.45) is 2.56. The van der Waals surface area contributed by atoms with Crippen molar-refractivity contribution in [3.05, 3.63) is 28.2 Å². The lowest BCUT2D eigenvalue weighted by Gasteiger charge is -2.29. The molecule has 118 valence electrons. The van der Waals surface area contributed by atoms with Gasteiger partial charge in [-0.2, -0.15) is 0 Å². The zero-order valence-electron chi connectivity index (χ0n) is 12.6. The Balaban J connectivity index is 1.74. The molecule has 0 unspecified atom stereocenters. The van der Waals surface area contributed by atoms with Crippen LogP contribution in [0.5, 0.6) is 5.75 Å². The third kappa shape index (κ3) is 5.67. The van der Waals surface area contributed by atoms with Gasteiger partial charge in [-0.15, -0.1) is 0 Å². The molecule has 1 aliphatic heterocycles. The molecule has 1 saturated heterocycles. The van der Waals surface area contributed by atoms with Crippen molar-refractivity contribution in [2.75, 3.05) is 39.3 Å². The zero-order chi connectivity index (χ0) is 15.1. The van der Waals surface area contributed by atoms with Crippen LogP contribution in [0.15, 0.2) is 18.2 Å². The summed E-state index contributed by atoms with van der Waals surface area (Å²) in [6.45, 7) is 8.31. The molecule has 0 saturated carbocycles. The second-order valence-electron chi connectivity index (χ2n) is 5.51. The zero-order valence-corrected chi connectivity index (χ0v) is 14.1. The molecule has 1 aromatic rings. The Hall–Kier alpha value is -0.480. The van der Waals surface area contributed by atoms with Gasteiger partial charge in [0.1, 0.15) is 12.4 Å². The van der Waals surface area contributed by atoms with Crippen LogP contribution in [0, 0.1) is 5.92 Å². The highest BCUT2D eigenvalue weighted by Gasteiger charge is 2.16. The third-order valence-corrected chi connectivity index (χ3v) is 4.51. The van der Waals surface area contributed by atoms with Crippen molar-refractivity contribution in [3.8, 4) is 5.75 Å². The minimum absolute atomic E-state index is 0.573. The van der Waals surface area contributed by atoms with Crippen LogP contribution in [0.25, 0.3) is 0 Å². The van der Waals surface area contributed by atoms with E-state index < -0.39 is 0 Å². The van der Waals surface area contributed by atoms with E-state index in [1.165, 1.54) is 12.8 Å². The number of nitrogens with zero attached hydrogens (tertiary/aromatic N) is 1. The number of hydrogen-bond acceptors (Lipinski definition) is 3. The Morgan fingerprint density at radius 3 is 2.71 bits per heavy atom. The molecule has 0 atom stereocenters. The first-order valence-electron chi connectivity index (χ1n) is 7.70. The summed E-state index contributed by atoms with van der Waals surface area (Å²) in [4.78, 5) is 2.46. The SMILES string of the molecule is CCN(CCOc1ccc(Cl)cc1Cl)CC1CCNCC1. The molecule has 0 aliphatic carbocycles. The van der Waals surface area contributed by atoms with Gasteiger partial charge in [-0.1, -0.05) is 30.1 Å². The Kier molecular flexibility index (Phi) is 7.11. The maximum Gasteiger partial charge on any atom is 0.138 e. The predicted octanol–water partition coefficient (Wildman–Crippen LogP) is 3.69. The summed E-state index contributed by atoms with van der Waals surface area (Å²) in [6, 6.07) is 5.34. The lowest BCUT2D eigenvalue weighted by atomic mass is 9.97. The number of piperidine rings is 1. The first-order chi connectivity index (χ1) is 10.2. The van der Waals surface area contributed by atoms with Gasteiger partial charge in [0.25, 0.3) is 0 Å². The smallest absolute Gasteiger partial charge is 0.138 e. The highest BCUT2D eigenvalue weighted by atomic mass is 35.5. The van der Waals surface area contributed by atoms with E-state index in [0.29, 0.717) is 22.4 Å². The summed E-state index contributed by atoms with van der Waals surface area (Å²) in [5.41, 5.74) is 0. The van der Waals surface area contributed by atoms with Crippen molar-refractivity contribution in [2.45, 2.75) is 19.8 Å². The standard InChI is InChI=1S/C16H24Cl2N2O/c1-2-20(12-13-5-7-19-8-6-13)9-10-21-16-4-3-14(17)11-15(16)18/h3-4,11,13,19H,2,5-10,12H2,1H3. The van der Waals surface area contributed by atoms with Crippen LogP contribution in [-0.4, -0.2) is 44.2 Å². The van der Waals surface area contributed by atoms with Gasteiger partial charge in [-0.05, 0) is 56.6 Å². The molecule has 1 aliphatic rings. The Labute approximate surface area is 137 Å². The van der Waals surface area contributed by atoms with Crippen molar-refractivity contribution in [3.63, 3.8) is 0 Å². The van der Waals surface area contributed by atoms with E-state index in [4.69, 9.17) is 27.9 Å². The van der Waals surface area contributed by atoms with Crippen LogP contribution >= 0.6 is 23.2 Å². The molecule has 3 nitrogen and oxygen atoms in total. The van der Waals surface area contributed by atoms with Crippen molar-refractivity contribution in [2.24, 2.45) is 5.92 Å². The average molecular weight is 331 g/mol. The molecule has 0 amide bonds. The molecule has 0 aromatic heterocycles. The topological polar surface area (TPSA) is 24.5 Å². The van der Waals surface area contributed by atoms with Crippen LogP contribution in [-0.2, 0) is 0 Å². The molecule has 1 N–H and O–H groups in total. The van der Waals surface area contributed by atoms with Crippen molar-refractivity contribution < 1.29 is 4.74 Å². The quantitative estimate of drug-likeness (QED) is 0.825. The Morgan fingerprint density at radius 1 is 1.29 bits per heavy atom. The lowest BCUT2D eigenvalue weighted by Crippen LogP contribution is -2.37. The van der Waals surface area contributed by atoms with Crippen LogP contribution in [0.4, 0.5) is 0 Å². The van der Waals surface area contributed by atoms with Gasteiger partial charge < -0.3 is 10.1 Å². The first kappa shape index (κ1) is 16.9. The number of nitrogens with one attached hydrogen (secondary N) is 1. The maximum atomic E-state index is 6.10. The summed E-state index contributed by atoms with van der Waals surface area (Å²) >= 11 is 12.0. The number of likely N-dealkylation sites (N-methyl/N-ethyl adjacent to an activating group) is 1. The van der Waals surface area contributed by atoms with Gasteiger partial charge in [0.05, 0.1) is 5.02 Å². The molecule has 0 spiro atoms. The second kappa shape index (κ2) is 8.84. The number of halogens is 2. The number of hydrogen-bond donors (Lipinski definition) is 1. The number of rotatable bonds is 7. The van der Waals surface area contributed by atoms with Crippen LogP contribution in [0.2, 0.25) is 10.0 Å². The Bertz CT molecular complexity index is 436. The molecule has 2 rings (SSSR count). The molecule has 1 fully saturated rings.